The van der Waals surface area contributed by atoms with Crippen molar-refractivity contribution in [3.8, 4) is 0 Å². The minimum Gasteiger partial charge on any atom is -0.342 e. The maximum atomic E-state index is 12.1. The van der Waals surface area contributed by atoms with Gasteiger partial charge < -0.3 is 10.6 Å². The predicted octanol–water partition coefficient (Wildman–Crippen LogP) is 2.79. The third kappa shape index (κ3) is 4.97. The van der Waals surface area contributed by atoms with E-state index in [4.69, 9.17) is 5.73 Å². The van der Waals surface area contributed by atoms with E-state index in [1.807, 2.05) is 0 Å². The van der Waals surface area contributed by atoms with Crippen molar-refractivity contribution in [1.82, 2.24) is 4.90 Å². The molecule has 3 nitrogen and oxygen atoms in total. The van der Waals surface area contributed by atoms with Gasteiger partial charge in [0.1, 0.15) is 0 Å². The zero-order chi connectivity index (χ0) is 13.6. The highest BCUT2D eigenvalue weighted by Gasteiger charge is 2.33. The van der Waals surface area contributed by atoms with E-state index in [1.54, 1.807) is 0 Å². The molecule has 0 aromatic rings. The lowest BCUT2D eigenvalue weighted by molar-refractivity contribution is -0.130. The first-order valence-electron chi connectivity index (χ1n) is 7.43. The first-order chi connectivity index (χ1) is 8.45. The first kappa shape index (κ1) is 15.5. The molecule has 1 saturated heterocycles. The highest BCUT2D eigenvalue weighted by molar-refractivity contribution is 5.76. The second-order valence-corrected chi connectivity index (χ2v) is 6.64. The Bertz CT molecular complexity index is 258. The molecule has 3 heteroatoms. The van der Waals surface area contributed by atoms with Crippen molar-refractivity contribution in [2.45, 2.75) is 59.3 Å². The molecule has 1 unspecified atom stereocenters. The molecule has 1 fully saturated rings. The molecular formula is C15H30N2O. The number of unbranched alkanes of at least 4 members (excludes halogenated alkanes) is 3. The summed E-state index contributed by atoms with van der Waals surface area (Å²) in [5.74, 6) is 1.02. The molecule has 0 aliphatic carbocycles. The van der Waals surface area contributed by atoms with E-state index < -0.39 is 0 Å². The van der Waals surface area contributed by atoms with E-state index in [-0.39, 0.29) is 0 Å². The summed E-state index contributed by atoms with van der Waals surface area (Å²) in [5.41, 5.74) is 5.78. The molecule has 1 rings (SSSR count). The van der Waals surface area contributed by atoms with Crippen LogP contribution in [-0.4, -0.2) is 30.4 Å². The quantitative estimate of drug-likeness (QED) is 0.741. The third-order valence-electron chi connectivity index (χ3n) is 4.11. The largest absolute Gasteiger partial charge is 0.342 e. The highest BCUT2D eigenvalue weighted by atomic mass is 16.2. The van der Waals surface area contributed by atoms with Crippen molar-refractivity contribution >= 4 is 5.91 Å². The lowest BCUT2D eigenvalue weighted by Crippen LogP contribution is -2.30. The van der Waals surface area contributed by atoms with Crippen molar-refractivity contribution in [1.29, 1.82) is 0 Å². The van der Waals surface area contributed by atoms with Crippen molar-refractivity contribution in [2.75, 3.05) is 19.6 Å². The summed E-state index contributed by atoms with van der Waals surface area (Å²) in [7, 11) is 0. The second kappa shape index (κ2) is 7.13. The van der Waals surface area contributed by atoms with Gasteiger partial charge in [0.05, 0.1) is 0 Å². The van der Waals surface area contributed by atoms with Crippen LogP contribution < -0.4 is 5.73 Å². The van der Waals surface area contributed by atoms with Crippen LogP contribution in [0.4, 0.5) is 0 Å². The Balaban J connectivity index is 2.20. The van der Waals surface area contributed by atoms with Gasteiger partial charge in [-0.1, -0.05) is 33.6 Å². The van der Waals surface area contributed by atoms with Gasteiger partial charge in [-0.3, -0.25) is 4.79 Å². The van der Waals surface area contributed by atoms with Crippen LogP contribution in [0.2, 0.25) is 0 Å². The Morgan fingerprint density at radius 1 is 1.22 bits per heavy atom. The van der Waals surface area contributed by atoms with Gasteiger partial charge in [0.15, 0.2) is 0 Å². The molecule has 2 N–H and O–H groups in total. The zero-order valence-electron chi connectivity index (χ0n) is 12.4. The van der Waals surface area contributed by atoms with Gasteiger partial charge in [-0.15, -0.1) is 0 Å². The number of nitrogens with two attached hydrogens (primary N) is 1. The molecule has 1 amide bonds. The van der Waals surface area contributed by atoms with Crippen LogP contribution in [-0.2, 0) is 4.79 Å². The first-order valence-corrected chi connectivity index (χ1v) is 7.43. The average molecular weight is 254 g/mol. The lowest BCUT2D eigenvalue weighted by Gasteiger charge is -2.27. The van der Waals surface area contributed by atoms with Crippen LogP contribution >= 0.6 is 0 Å². The molecule has 18 heavy (non-hydrogen) atoms. The Labute approximate surface area is 112 Å². The van der Waals surface area contributed by atoms with Crippen LogP contribution in [0, 0.1) is 11.3 Å². The van der Waals surface area contributed by atoms with Crippen LogP contribution in [0.3, 0.4) is 0 Å². The van der Waals surface area contributed by atoms with Crippen molar-refractivity contribution in [3.05, 3.63) is 0 Å². The fourth-order valence-electron chi connectivity index (χ4n) is 2.63. The van der Waals surface area contributed by atoms with Gasteiger partial charge in [-0.25, -0.2) is 0 Å². The number of hydrogen-bond donors (Lipinski definition) is 1. The number of rotatable bonds is 6. The molecular weight excluding hydrogens is 224 g/mol. The van der Waals surface area contributed by atoms with E-state index in [2.05, 4.69) is 25.7 Å². The molecule has 0 aromatic carbocycles. The lowest BCUT2D eigenvalue weighted by atomic mass is 9.80. The number of amides is 1. The Morgan fingerprint density at radius 2 is 1.89 bits per heavy atom. The van der Waals surface area contributed by atoms with Crippen molar-refractivity contribution in [3.63, 3.8) is 0 Å². The Hall–Kier alpha value is -0.570. The number of nitrogens with zero attached hydrogens (tertiary/aromatic N) is 1. The van der Waals surface area contributed by atoms with Gasteiger partial charge in [0, 0.05) is 19.5 Å². The number of likely N-dealkylation sites (tertiary alicyclic amines) is 1. The minimum absolute atomic E-state index is 0.330. The summed E-state index contributed by atoms with van der Waals surface area (Å²) in [6.45, 7) is 9.53. The van der Waals surface area contributed by atoms with Gasteiger partial charge in [-0.2, -0.15) is 0 Å². The fraction of sp³-hybridized carbons (Fsp3) is 0.933. The number of hydrogen-bond acceptors (Lipinski definition) is 2. The molecule has 0 saturated carbocycles. The minimum atomic E-state index is 0.330. The van der Waals surface area contributed by atoms with Crippen molar-refractivity contribution < 1.29 is 4.79 Å². The van der Waals surface area contributed by atoms with Crippen LogP contribution in [0.15, 0.2) is 0 Å². The average Bonchev–Trinajstić information content (AvgIpc) is 2.77. The summed E-state index contributed by atoms with van der Waals surface area (Å²) in [6, 6.07) is 0. The van der Waals surface area contributed by atoms with E-state index >= 15 is 0 Å². The smallest absolute Gasteiger partial charge is 0.222 e. The summed E-state index contributed by atoms with van der Waals surface area (Å²) < 4.78 is 0. The summed E-state index contributed by atoms with van der Waals surface area (Å²) >= 11 is 0. The van der Waals surface area contributed by atoms with Crippen LogP contribution in [0.1, 0.15) is 59.3 Å². The monoisotopic (exact) mass is 254 g/mol. The molecule has 1 heterocycles. The molecule has 1 aliphatic rings. The topological polar surface area (TPSA) is 46.3 Å². The van der Waals surface area contributed by atoms with Gasteiger partial charge >= 0.3 is 0 Å². The normalized spacial score (nSPS) is 20.4. The molecule has 1 aliphatic heterocycles. The zero-order valence-corrected chi connectivity index (χ0v) is 12.4. The Morgan fingerprint density at radius 3 is 2.44 bits per heavy atom. The SMILES string of the molecule is CC(C)(C)C1CCN(C(=O)CCCCCCN)C1. The maximum absolute atomic E-state index is 12.1. The number of carbonyl (C=O) groups is 1. The van der Waals surface area contributed by atoms with E-state index in [0.717, 1.165) is 51.7 Å². The van der Waals surface area contributed by atoms with E-state index in [9.17, 15) is 4.79 Å². The molecule has 0 aromatic heterocycles. The van der Waals surface area contributed by atoms with E-state index in [1.165, 1.54) is 6.42 Å². The van der Waals surface area contributed by atoms with Gasteiger partial charge in [0.2, 0.25) is 5.91 Å². The number of carbonyl (C=O) groups excluding carboxylic acids is 1. The summed E-state index contributed by atoms with van der Waals surface area (Å²) in [4.78, 5) is 14.1. The predicted molar refractivity (Wildman–Crippen MR) is 76.3 cm³/mol. The van der Waals surface area contributed by atoms with E-state index in [0.29, 0.717) is 17.2 Å². The van der Waals surface area contributed by atoms with Crippen molar-refractivity contribution in [2.24, 2.45) is 17.1 Å². The molecule has 106 valence electrons. The molecule has 0 radical (unpaired) electrons. The second-order valence-electron chi connectivity index (χ2n) is 6.64. The van der Waals surface area contributed by atoms with Gasteiger partial charge in [0.25, 0.3) is 0 Å². The molecule has 0 bridgehead atoms. The van der Waals surface area contributed by atoms with Crippen LogP contribution in [0.5, 0.6) is 0 Å². The Kier molecular flexibility index (Phi) is 6.13. The van der Waals surface area contributed by atoms with Gasteiger partial charge in [-0.05, 0) is 37.1 Å². The summed E-state index contributed by atoms with van der Waals surface area (Å²) in [6.07, 6.45) is 6.30. The van der Waals surface area contributed by atoms with Crippen LogP contribution in [0.25, 0.3) is 0 Å². The standard InChI is InChI=1S/C15H30N2O/c1-15(2,3)13-9-11-17(12-13)14(18)8-6-4-5-7-10-16/h13H,4-12,16H2,1-3H3. The highest BCUT2D eigenvalue weighted by Crippen LogP contribution is 2.33. The maximum Gasteiger partial charge on any atom is 0.222 e. The molecule has 0 spiro atoms. The molecule has 1 atom stereocenters. The third-order valence-corrected chi connectivity index (χ3v) is 4.11. The summed E-state index contributed by atoms with van der Waals surface area (Å²) in [5, 5.41) is 0. The fourth-order valence-corrected chi connectivity index (χ4v) is 2.63.